The van der Waals surface area contributed by atoms with E-state index < -0.39 is 0 Å². The van der Waals surface area contributed by atoms with Gasteiger partial charge in [0.25, 0.3) is 0 Å². The molecule has 1 heterocycles. The van der Waals surface area contributed by atoms with Crippen LogP contribution in [0.5, 0.6) is 17.2 Å². The molecule has 0 saturated heterocycles. The van der Waals surface area contributed by atoms with E-state index in [0.29, 0.717) is 5.75 Å². The molecule has 1 N–H and O–H groups in total. The Bertz CT molecular complexity index is 333. The van der Waals surface area contributed by atoms with E-state index >= 15 is 0 Å². The average molecular weight is 180 g/mol. The van der Waals surface area contributed by atoms with Crippen LogP contribution in [0.2, 0.25) is 0 Å². The van der Waals surface area contributed by atoms with E-state index in [9.17, 15) is 5.11 Å². The largest absolute Gasteiger partial charge is 0.504 e. The van der Waals surface area contributed by atoms with Gasteiger partial charge in [0.1, 0.15) is 11.9 Å². The molecule has 1 aliphatic rings. The zero-order chi connectivity index (χ0) is 9.42. The summed E-state index contributed by atoms with van der Waals surface area (Å²) in [5.41, 5.74) is 1.10. The first kappa shape index (κ1) is 8.23. The second-order valence-electron chi connectivity index (χ2n) is 3.26. The van der Waals surface area contributed by atoms with Gasteiger partial charge in [-0.3, -0.25) is 0 Å². The Morgan fingerprint density at radius 3 is 3.00 bits per heavy atom. The Morgan fingerprint density at radius 2 is 2.31 bits per heavy atom. The molecule has 0 bridgehead atoms. The van der Waals surface area contributed by atoms with Gasteiger partial charge in [0.15, 0.2) is 11.5 Å². The highest BCUT2D eigenvalue weighted by molar-refractivity contribution is 5.51. The normalized spacial score (nSPS) is 19.4. The van der Waals surface area contributed by atoms with Gasteiger partial charge in [0.2, 0.25) is 0 Å². The lowest BCUT2D eigenvalue weighted by Crippen LogP contribution is -2.05. The molecule has 3 nitrogen and oxygen atoms in total. The third kappa shape index (κ3) is 1.30. The molecule has 13 heavy (non-hydrogen) atoms. The van der Waals surface area contributed by atoms with Crippen molar-refractivity contribution in [3.63, 3.8) is 0 Å². The summed E-state index contributed by atoms with van der Waals surface area (Å²) in [4.78, 5) is 0. The quantitative estimate of drug-likeness (QED) is 0.715. The molecule has 70 valence electrons. The van der Waals surface area contributed by atoms with Crippen molar-refractivity contribution in [2.75, 3.05) is 7.11 Å². The van der Waals surface area contributed by atoms with Crippen molar-refractivity contribution in [3.05, 3.63) is 17.7 Å². The molecule has 3 heteroatoms. The van der Waals surface area contributed by atoms with E-state index in [4.69, 9.17) is 9.47 Å². The van der Waals surface area contributed by atoms with Gasteiger partial charge in [-0.1, -0.05) is 0 Å². The molecule has 0 amide bonds. The molecule has 1 aromatic rings. The van der Waals surface area contributed by atoms with Gasteiger partial charge in [-0.2, -0.15) is 0 Å². The van der Waals surface area contributed by atoms with Gasteiger partial charge in [0, 0.05) is 18.1 Å². The minimum Gasteiger partial charge on any atom is -0.504 e. The summed E-state index contributed by atoms with van der Waals surface area (Å²) >= 11 is 0. The number of fused-ring (bicyclic) bond motifs is 1. The Morgan fingerprint density at radius 1 is 1.54 bits per heavy atom. The lowest BCUT2D eigenvalue weighted by molar-refractivity contribution is 0.253. The second kappa shape index (κ2) is 2.83. The molecule has 1 unspecified atom stereocenters. The molecule has 0 spiro atoms. The molecular formula is C10H12O3. The highest BCUT2D eigenvalue weighted by Gasteiger charge is 2.21. The number of rotatable bonds is 1. The van der Waals surface area contributed by atoms with E-state index in [-0.39, 0.29) is 11.9 Å². The number of phenols is 1. The van der Waals surface area contributed by atoms with Crippen LogP contribution in [0.3, 0.4) is 0 Å². The van der Waals surface area contributed by atoms with Crippen molar-refractivity contribution in [2.45, 2.75) is 19.4 Å². The number of aromatic hydroxyl groups is 1. The summed E-state index contributed by atoms with van der Waals surface area (Å²) in [6.45, 7) is 2.00. The van der Waals surface area contributed by atoms with E-state index in [2.05, 4.69) is 0 Å². The number of hydrogen-bond acceptors (Lipinski definition) is 3. The minimum atomic E-state index is 0.135. The highest BCUT2D eigenvalue weighted by atomic mass is 16.5. The number of methoxy groups -OCH3 is 1. The zero-order valence-electron chi connectivity index (χ0n) is 7.70. The van der Waals surface area contributed by atoms with Crippen LogP contribution in [-0.4, -0.2) is 18.3 Å². The van der Waals surface area contributed by atoms with Gasteiger partial charge < -0.3 is 14.6 Å². The predicted molar refractivity (Wildman–Crippen MR) is 48.5 cm³/mol. The average Bonchev–Trinajstić information content (AvgIpc) is 2.42. The van der Waals surface area contributed by atoms with Crippen molar-refractivity contribution in [3.8, 4) is 17.2 Å². The minimum absolute atomic E-state index is 0.135. The Hall–Kier alpha value is -1.38. The van der Waals surface area contributed by atoms with Crippen molar-refractivity contribution in [1.29, 1.82) is 0 Å². The molecule has 1 aromatic carbocycles. The molecule has 0 aliphatic carbocycles. The van der Waals surface area contributed by atoms with Crippen molar-refractivity contribution < 1.29 is 14.6 Å². The summed E-state index contributed by atoms with van der Waals surface area (Å²) < 4.78 is 10.5. The summed E-state index contributed by atoms with van der Waals surface area (Å²) in [5.74, 6) is 1.41. The summed E-state index contributed by atoms with van der Waals surface area (Å²) in [7, 11) is 1.54. The topological polar surface area (TPSA) is 38.7 Å². The monoisotopic (exact) mass is 180 g/mol. The molecule has 1 aliphatic heterocycles. The van der Waals surface area contributed by atoms with Crippen LogP contribution in [0.15, 0.2) is 12.1 Å². The fraction of sp³-hybridized carbons (Fsp3) is 0.400. The lowest BCUT2D eigenvalue weighted by Gasteiger charge is -2.05. The van der Waals surface area contributed by atoms with Gasteiger partial charge >= 0.3 is 0 Å². The summed E-state index contributed by atoms with van der Waals surface area (Å²) in [5, 5.41) is 9.46. The van der Waals surface area contributed by atoms with Crippen LogP contribution < -0.4 is 9.47 Å². The third-order valence-corrected chi connectivity index (χ3v) is 2.20. The molecule has 1 atom stereocenters. The fourth-order valence-corrected chi connectivity index (χ4v) is 1.59. The molecule has 0 saturated carbocycles. The highest BCUT2D eigenvalue weighted by Crippen LogP contribution is 2.38. The first-order chi connectivity index (χ1) is 6.20. The third-order valence-electron chi connectivity index (χ3n) is 2.20. The number of phenolic OH excluding ortho intramolecular Hbond substituents is 1. The summed E-state index contributed by atoms with van der Waals surface area (Å²) in [6.07, 6.45) is 1.08. The van der Waals surface area contributed by atoms with Crippen LogP contribution in [0.1, 0.15) is 12.5 Å². The number of benzene rings is 1. The van der Waals surface area contributed by atoms with Crippen molar-refractivity contribution >= 4 is 0 Å². The van der Waals surface area contributed by atoms with Crippen molar-refractivity contribution in [1.82, 2.24) is 0 Å². The van der Waals surface area contributed by atoms with Crippen LogP contribution in [-0.2, 0) is 6.42 Å². The van der Waals surface area contributed by atoms with Crippen molar-refractivity contribution in [2.24, 2.45) is 0 Å². The van der Waals surface area contributed by atoms with E-state index in [1.807, 2.05) is 13.0 Å². The van der Waals surface area contributed by atoms with Crippen LogP contribution in [0.25, 0.3) is 0 Å². The lowest BCUT2D eigenvalue weighted by atomic mass is 10.1. The Labute approximate surface area is 76.9 Å². The maximum atomic E-state index is 9.46. The smallest absolute Gasteiger partial charge is 0.161 e. The Balaban J connectivity index is 2.44. The van der Waals surface area contributed by atoms with Gasteiger partial charge in [0.05, 0.1) is 7.11 Å². The Kier molecular flexibility index (Phi) is 1.79. The molecule has 0 aromatic heterocycles. The molecule has 0 radical (unpaired) electrons. The second-order valence-corrected chi connectivity index (χ2v) is 3.26. The van der Waals surface area contributed by atoms with Gasteiger partial charge in [-0.15, -0.1) is 0 Å². The first-order valence-electron chi connectivity index (χ1n) is 4.27. The summed E-state index contributed by atoms with van der Waals surface area (Å²) in [6, 6.07) is 3.44. The standard InChI is InChI=1S/C10H12O3/c1-6-3-7-4-10(12-2)8(11)5-9(7)13-6/h4-6,11H,3H2,1-2H3. The van der Waals surface area contributed by atoms with E-state index in [1.54, 1.807) is 13.2 Å². The van der Waals surface area contributed by atoms with Crippen LogP contribution in [0.4, 0.5) is 0 Å². The van der Waals surface area contributed by atoms with E-state index in [0.717, 1.165) is 17.7 Å². The maximum absolute atomic E-state index is 9.46. The van der Waals surface area contributed by atoms with Gasteiger partial charge in [-0.05, 0) is 13.0 Å². The number of hydrogen-bond donors (Lipinski definition) is 1. The first-order valence-corrected chi connectivity index (χ1v) is 4.27. The van der Waals surface area contributed by atoms with Gasteiger partial charge in [-0.25, -0.2) is 0 Å². The van der Waals surface area contributed by atoms with Crippen LogP contribution >= 0.6 is 0 Å². The van der Waals surface area contributed by atoms with Crippen LogP contribution in [0, 0.1) is 0 Å². The predicted octanol–water partition coefficient (Wildman–Crippen LogP) is 1.72. The molecular weight excluding hydrogens is 168 g/mol. The molecule has 0 fully saturated rings. The molecule has 2 rings (SSSR count). The fourth-order valence-electron chi connectivity index (χ4n) is 1.59. The SMILES string of the molecule is COc1cc2c(cc1O)OC(C)C2. The maximum Gasteiger partial charge on any atom is 0.161 e. The zero-order valence-corrected chi connectivity index (χ0v) is 7.70. The number of ether oxygens (including phenoxy) is 2. The van der Waals surface area contributed by atoms with E-state index in [1.165, 1.54) is 0 Å².